The molecule has 0 bridgehead atoms. The van der Waals surface area contributed by atoms with E-state index >= 15 is 0 Å². The summed E-state index contributed by atoms with van der Waals surface area (Å²) in [6, 6.07) is 0. The van der Waals surface area contributed by atoms with Crippen LogP contribution in [0.3, 0.4) is 0 Å². The maximum Gasteiger partial charge on any atom is 0.303 e. The van der Waals surface area contributed by atoms with E-state index in [2.05, 4.69) is 20.6 Å². The van der Waals surface area contributed by atoms with Gasteiger partial charge >= 0.3 is 5.97 Å². The fourth-order valence-electron chi connectivity index (χ4n) is 1.36. The van der Waals surface area contributed by atoms with Crippen molar-refractivity contribution in [1.29, 1.82) is 0 Å². The Morgan fingerprint density at radius 2 is 2.43 bits per heavy atom. The summed E-state index contributed by atoms with van der Waals surface area (Å²) in [5.41, 5.74) is 0. The second-order valence-electron chi connectivity index (χ2n) is 3.16. The second-order valence-corrected chi connectivity index (χ2v) is 3.16. The van der Waals surface area contributed by atoms with Crippen LogP contribution in [0.4, 0.5) is 0 Å². The maximum absolute atomic E-state index is 10.3. The molecule has 0 amide bonds. The molecule has 0 radical (unpaired) electrons. The number of nitrogens with one attached hydrogen (secondary N) is 1. The molecule has 1 heterocycles. The first-order chi connectivity index (χ1) is 6.74. The molecular weight excluding hydrogens is 184 g/mol. The molecule has 6 nitrogen and oxygen atoms in total. The number of aromatic nitrogens is 4. The average molecular weight is 198 g/mol. The Kier molecular flexibility index (Phi) is 4.03. The monoisotopic (exact) mass is 198 g/mol. The number of carbonyl (C=O) groups is 1. The van der Waals surface area contributed by atoms with Crippen LogP contribution in [0.2, 0.25) is 0 Å². The summed E-state index contributed by atoms with van der Waals surface area (Å²) in [5.74, 6) is 0.138. The van der Waals surface area contributed by atoms with Crippen molar-refractivity contribution in [3.63, 3.8) is 0 Å². The van der Waals surface area contributed by atoms with Gasteiger partial charge in [-0.3, -0.25) is 4.79 Å². The lowest BCUT2D eigenvalue weighted by atomic mass is 9.99. The number of H-pyrrole nitrogens is 1. The molecular formula is C8H14N4O2. The predicted octanol–water partition coefficient (Wildman–Crippen LogP) is 0.948. The molecule has 1 aromatic rings. The molecule has 0 aromatic carbocycles. The third kappa shape index (κ3) is 3.12. The lowest BCUT2D eigenvalue weighted by molar-refractivity contribution is -0.137. The van der Waals surface area contributed by atoms with Gasteiger partial charge in [-0.1, -0.05) is 12.1 Å². The van der Waals surface area contributed by atoms with Gasteiger partial charge in [-0.05, 0) is 19.3 Å². The molecule has 14 heavy (non-hydrogen) atoms. The van der Waals surface area contributed by atoms with Crippen LogP contribution in [-0.4, -0.2) is 31.7 Å². The second kappa shape index (κ2) is 5.31. The van der Waals surface area contributed by atoms with Crippen LogP contribution in [0.5, 0.6) is 0 Å². The number of aliphatic carboxylic acids is 1. The Morgan fingerprint density at radius 3 is 2.93 bits per heavy atom. The summed E-state index contributed by atoms with van der Waals surface area (Å²) in [6.45, 7) is 2.03. The van der Waals surface area contributed by atoms with Gasteiger partial charge in [-0.15, -0.1) is 10.2 Å². The smallest absolute Gasteiger partial charge is 0.303 e. The lowest BCUT2D eigenvalue weighted by Gasteiger charge is -2.08. The van der Waals surface area contributed by atoms with Gasteiger partial charge in [0.05, 0.1) is 0 Å². The summed E-state index contributed by atoms with van der Waals surface area (Å²) < 4.78 is 0. The van der Waals surface area contributed by atoms with E-state index in [9.17, 15) is 4.79 Å². The van der Waals surface area contributed by atoms with Crippen molar-refractivity contribution in [3.05, 3.63) is 5.82 Å². The molecule has 78 valence electrons. The number of rotatable bonds is 6. The zero-order valence-electron chi connectivity index (χ0n) is 8.10. The summed E-state index contributed by atoms with van der Waals surface area (Å²) in [4.78, 5) is 10.3. The van der Waals surface area contributed by atoms with E-state index in [1.54, 1.807) is 0 Å². The van der Waals surface area contributed by atoms with Crippen molar-refractivity contribution in [1.82, 2.24) is 20.6 Å². The normalized spacial score (nSPS) is 12.6. The SMILES string of the molecule is CCC(CCCC(=O)O)c1nn[nH]n1. The van der Waals surface area contributed by atoms with Gasteiger partial charge in [0.25, 0.3) is 0 Å². The molecule has 0 aliphatic carbocycles. The number of hydrogen-bond acceptors (Lipinski definition) is 4. The van der Waals surface area contributed by atoms with E-state index in [1.807, 2.05) is 6.92 Å². The van der Waals surface area contributed by atoms with Crippen LogP contribution in [-0.2, 0) is 4.79 Å². The van der Waals surface area contributed by atoms with E-state index in [-0.39, 0.29) is 12.3 Å². The number of hydrogen-bond donors (Lipinski definition) is 2. The summed E-state index contributed by atoms with van der Waals surface area (Å²) in [7, 11) is 0. The van der Waals surface area contributed by atoms with Gasteiger partial charge in [0.2, 0.25) is 0 Å². The first-order valence-corrected chi connectivity index (χ1v) is 4.69. The minimum absolute atomic E-state index is 0.203. The largest absolute Gasteiger partial charge is 0.481 e. The fourth-order valence-corrected chi connectivity index (χ4v) is 1.36. The van der Waals surface area contributed by atoms with Gasteiger partial charge in [0.1, 0.15) is 0 Å². The van der Waals surface area contributed by atoms with Crippen LogP contribution >= 0.6 is 0 Å². The van der Waals surface area contributed by atoms with Crippen LogP contribution in [0.25, 0.3) is 0 Å². The van der Waals surface area contributed by atoms with Crippen molar-refractivity contribution in [2.75, 3.05) is 0 Å². The number of aromatic amines is 1. The molecule has 0 aliphatic heterocycles. The predicted molar refractivity (Wildman–Crippen MR) is 48.7 cm³/mol. The molecule has 1 aromatic heterocycles. The van der Waals surface area contributed by atoms with Crippen molar-refractivity contribution in [2.24, 2.45) is 0 Å². The molecule has 2 N–H and O–H groups in total. The van der Waals surface area contributed by atoms with Crippen LogP contribution in [0.1, 0.15) is 44.3 Å². The Bertz CT molecular complexity index is 273. The summed E-state index contributed by atoms with van der Waals surface area (Å²) in [5, 5.41) is 22.1. The molecule has 0 fully saturated rings. The van der Waals surface area contributed by atoms with Gasteiger partial charge < -0.3 is 5.11 Å². The highest BCUT2D eigenvalue weighted by Gasteiger charge is 2.13. The summed E-state index contributed by atoms with van der Waals surface area (Å²) in [6.07, 6.45) is 2.55. The number of carboxylic acids is 1. The van der Waals surface area contributed by atoms with E-state index in [4.69, 9.17) is 5.11 Å². The van der Waals surface area contributed by atoms with Crippen molar-refractivity contribution < 1.29 is 9.90 Å². The molecule has 0 aliphatic rings. The molecule has 6 heteroatoms. The third-order valence-electron chi connectivity index (χ3n) is 2.16. The van der Waals surface area contributed by atoms with Gasteiger partial charge in [0.15, 0.2) is 5.82 Å². The number of tetrazole rings is 1. The lowest BCUT2D eigenvalue weighted by Crippen LogP contribution is -2.02. The topological polar surface area (TPSA) is 91.8 Å². The van der Waals surface area contributed by atoms with Gasteiger partial charge in [-0.2, -0.15) is 5.21 Å². The zero-order chi connectivity index (χ0) is 10.4. The highest BCUT2D eigenvalue weighted by atomic mass is 16.4. The number of nitrogens with zero attached hydrogens (tertiary/aromatic N) is 3. The minimum atomic E-state index is -0.757. The van der Waals surface area contributed by atoms with Crippen LogP contribution < -0.4 is 0 Å². The van der Waals surface area contributed by atoms with Gasteiger partial charge in [-0.25, -0.2) is 0 Å². The first-order valence-electron chi connectivity index (χ1n) is 4.69. The van der Waals surface area contributed by atoms with Crippen molar-refractivity contribution >= 4 is 5.97 Å². The van der Waals surface area contributed by atoms with Gasteiger partial charge in [0, 0.05) is 12.3 Å². The summed E-state index contributed by atoms with van der Waals surface area (Å²) >= 11 is 0. The molecule has 1 unspecified atom stereocenters. The average Bonchev–Trinajstić information content (AvgIpc) is 2.64. The highest BCUT2D eigenvalue weighted by Crippen LogP contribution is 2.21. The zero-order valence-corrected chi connectivity index (χ0v) is 8.10. The standard InChI is InChI=1S/C8H14N4O2/c1-2-6(4-3-5-7(13)14)8-9-11-12-10-8/h6H,2-5H2,1H3,(H,13,14)(H,9,10,11,12). The van der Waals surface area contributed by atoms with Crippen LogP contribution in [0.15, 0.2) is 0 Å². The maximum atomic E-state index is 10.3. The van der Waals surface area contributed by atoms with E-state index < -0.39 is 5.97 Å². The quantitative estimate of drug-likeness (QED) is 0.709. The third-order valence-corrected chi connectivity index (χ3v) is 2.16. The molecule has 1 rings (SSSR count). The van der Waals surface area contributed by atoms with E-state index in [0.717, 1.165) is 12.8 Å². The Morgan fingerprint density at radius 1 is 1.64 bits per heavy atom. The molecule has 1 atom stereocenters. The highest BCUT2D eigenvalue weighted by molar-refractivity contribution is 5.66. The Hall–Kier alpha value is -1.46. The van der Waals surface area contributed by atoms with Crippen molar-refractivity contribution in [3.8, 4) is 0 Å². The minimum Gasteiger partial charge on any atom is -0.481 e. The fraction of sp³-hybridized carbons (Fsp3) is 0.750. The first kappa shape index (κ1) is 10.6. The molecule has 0 saturated heterocycles. The molecule has 0 saturated carbocycles. The Labute approximate surface area is 81.7 Å². The Balaban J connectivity index is 2.36. The van der Waals surface area contributed by atoms with Crippen LogP contribution in [0, 0.1) is 0 Å². The van der Waals surface area contributed by atoms with E-state index in [1.165, 1.54) is 0 Å². The van der Waals surface area contributed by atoms with Crippen molar-refractivity contribution in [2.45, 2.75) is 38.5 Å². The molecule has 0 spiro atoms. The van der Waals surface area contributed by atoms with E-state index in [0.29, 0.717) is 12.2 Å². The number of carboxylic acid groups (broad SMARTS) is 1.